The van der Waals surface area contributed by atoms with Crippen molar-refractivity contribution in [2.75, 3.05) is 26.2 Å². The molecule has 1 N–H and O–H groups in total. The number of rotatable bonds is 1. The number of carbonyl (C=O) groups excluding carboxylic acids is 1. The number of benzene rings is 1. The van der Waals surface area contributed by atoms with Crippen LogP contribution in [0.5, 0.6) is 5.75 Å². The normalized spacial score (nSPS) is 31.2. The van der Waals surface area contributed by atoms with Crippen LogP contribution in [-0.2, 0) is 11.2 Å². The van der Waals surface area contributed by atoms with Gasteiger partial charge in [0.05, 0.1) is 5.92 Å². The van der Waals surface area contributed by atoms with E-state index in [2.05, 4.69) is 16.3 Å². The minimum absolute atomic E-state index is 0.0138. The molecule has 2 fully saturated rings. The Kier molecular flexibility index (Phi) is 3.34. The van der Waals surface area contributed by atoms with Crippen molar-refractivity contribution < 1.29 is 9.53 Å². The molecule has 21 heavy (non-hydrogen) atoms. The number of carbonyl (C=O) groups is 1. The monoisotopic (exact) mass is 286 g/mol. The number of ether oxygens (including phenoxy) is 1. The number of para-hydroxylation sites is 1. The van der Waals surface area contributed by atoms with E-state index in [-0.39, 0.29) is 11.8 Å². The molecule has 3 atom stereocenters. The zero-order valence-electron chi connectivity index (χ0n) is 12.3. The Labute approximate surface area is 125 Å². The van der Waals surface area contributed by atoms with Crippen molar-refractivity contribution in [3.8, 4) is 5.75 Å². The van der Waals surface area contributed by atoms with Gasteiger partial charge in [-0.15, -0.1) is 0 Å². The summed E-state index contributed by atoms with van der Waals surface area (Å²) in [7, 11) is 0. The Morgan fingerprint density at radius 3 is 3.10 bits per heavy atom. The maximum Gasteiger partial charge on any atom is 0.229 e. The molecule has 3 aliphatic heterocycles. The highest BCUT2D eigenvalue weighted by Crippen LogP contribution is 2.30. The maximum atomic E-state index is 12.8. The number of fused-ring (bicyclic) bond motifs is 2. The van der Waals surface area contributed by atoms with Crippen LogP contribution in [0.4, 0.5) is 0 Å². The van der Waals surface area contributed by atoms with Gasteiger partial charge in [-0.2, -0.15) is 0 Å². The van der Waals surface area contributed by atoms with Crippen LogP contribution in [0.2, 0.25) is 0 Å². The van der Waals surface area contributed by atoms with E-state index in [1.807, 2.05) is 18.2 Å². The lowest BCUT2D eigenvalue weighted by atomic mass is 9.94. The number of likely N-dealkylation sites (tertiary alicyclic amines) is 1. The molecule has 4 nitrogen and oxygen atoms in total. The molecular weight excluding hydrogens is 264 g/mol. The van der Waals surface area contributed by atoms with Crippen molar-refractivity contribution >= 4 is 5.91 Å². The van der Waals surface area contributed by atoms with Gasteiger partial charge in [0, 0.05) is 19.1 Å². The van der Waals surface area contributed by atoms with E-state index in [4.69, 9.17) is 4.74 Å². The topological polar surface area (TPSA) is 41.6 Å². The van der Waals surface area contributed by atoms with Gasteiger partial charge in [0.1, 0.15) is 12.4 Å². The fourth-order valence-corrected chi connectivity index (χ4v) is 3.97. The van der Waals surface area contributed by atoms with Crippen LogP contribution < -0.4 is 10.1 Å². The van der Waals surface area contributed by atoms with Crippen molar-refractivity contribution in [1.29, 1.82) is 0 Å². The molecule has 0 aromatic heterocycles. The fourth-order valence-electron chi connectivity index (χ4n) is 3.97. The Morgan fingerprint density at radius 1 is 1.29 bits per heavy atom. The first-order valence-electron chi connectivity index (χ1n) is 8.04. The lowest BCUT2D eigenvalue weighted by Gasteiger charge is -2.28. The van der Waals surface area contributed by atoms with Crippen molar-refractivity contribution in [1.82, 2.24) is 10.2 Å². The zero-order valence-corrected chi connectivity index (χ0v) is 12.3. The summed E-state index contributed by atoms with van der Waals surface area (Å²) in [6, 6.07) is 8.57. The van der Waals surface area contributed by atoms with Gasteiger partial charge in [0.25, 0.3) is 0 Å². The molecule has 0 bridgehead atoms. The molecule has 3 aliphatic rings. The summed E-state index contributed by atoms with van der Waals surface area (Å²) < 4.78 is 5.77. The van der Waals surface area contributed by atoms with E-state index in [1.165, 1.54) is 12.8 Å². The Hall–Kier alpha value is -1.55. The molecular formula is C17H22N2O2. The third-order valence-electron chi connectivity index (χ3n) is 5.14. The SMILES string of the molecule is O=C(C1COc2ccccc2C1)N1C[C@@H]2CCCN[C@@H]2C1. The molecule has 0 aliphatic carbocycles. The van der Waals surface area contributed by atoms with Crippen LogP contribution in [0.1, 0.15) is 18.4 Å². The lowest BCUT2D eigenvalue weighted by molar-refractivity contribution is -0.136. The minimum Gasteiger partial charge on any atom is -0.492 e. The second-order valence-corrected chi connectivity index (χ2v) is 6.53. The van der Waals surface area contributed by atoms with E-state index < -0.39 is 0 Å². The van der Waals surface area contributed by atoms with Crippen LogP contribution in [0.3, 0.4) is 0 Å². The molecule has 1 amide bonds. The Morgan fingerprint density at radius 2 is 2.19 bits per heavy atom. The number of piperidine rings is 1. The first-order valence-corrected chi connectivity index (χ1v) is 8.04. The smallest absolute Gasteiger partial charge is 0.229 e. The number of hydrogen-bond donors (Lipinski definition) is 1. The van der Waals surface area contributed by atoms with E-state index in [9.17, 15) is 4.79 Å². The summed E-state index contributed by atoms with van der Waals surface area (Å²) in [5.41, 5.74) is 1.16. The summed E-state index contributed by atoms with van der Waals surface area (Å²) in [4.78, 5) is 14.8. The number of nitrogens with one attached hydrogen (secondary N) is 1. The highest BCUT2D eigenvalue weighted by molar-refractivity contribution is 5.80. The van der Waals surface area contributed by atoms with Gasteiger partial charge in [-0.25, -0.2) is 0 Å². The quantitative estimate of drug-likeness (QED) is 0.849. The minimum atomic E-state index is -0.0138. The molecule has 0 spiro atoms. The van der Waals surface area contributed by atoms with Gasteiger partial charge in [-0.05, 0) is 43.4 Å². The second kappa shape index (κ2) is 5.34. The summed E-state index contributed by atoms with van der Waals surface area (Å²) >= 11 is 0. The van der Waals surface area contributed by atoms with Crippen molar-refractivity contribution in [3.05, 3.63) is 29.8 Å². The van der Waals surface area contributed by atoms with E-state index in [1.54, 1.807) is 0 Å². The van der Waals surface area contributed by atoms with E-state index in [0.29, 0.717) is 18.6 Å². The summed E-state index contributed by atoms with van der Waals surface area (Å²) in [6.07, 6.45) is 3.31. The first-order chi connectivity index (χ1) is 10.3. The summed E-state index contributed by atoms with van der Waals surface area (Å²) in [6.45, 7) is 3.43. The lowest BCUT2D eigenvalue weighted by Crippen LogP contribution is -2.42. The first kappa shape index (κ1) is 13.1. The van der Waals surface area contributed by atoms with Crippen LogP contribution in [-0.4, -0.2) is 43.1 Å². The van der Waals surface area contributed by atoms with Crippen LogP contribution >= 0.6 is 0 Å². The summed E-state index contributed by atoms with van der Waals surface area (Å²) in [5, 5.41) is 3.56. The summed E-state index contributed by atoms with van der Waals surface area (Å²) in [5.74, 6) is 1.86. The predicted octanol–water partition coefficient (Wildman–Crippen LogP) is 1.45. The highest BCUT2D eigenvalue weighted by atomic mass is 16.5. The largest absolute Gasteiger partial charge is 0.492 e. The van der Waals surface area contributed by atoms with Gasteiger partial charge in [-0.1, -0.05) is 18.2 Å². The standard InChI is InChI=1S/C17H22N2O2/c20-17(19-9-13-5-3-7-18-15(13)10-19)14-8-12-4-1-2-6-16(12)21-11-14/h1-2,4,6,13-15,18H,3,5,7-11H2/t13-,14?,15+/m0/s1. The van der Waals surface area contributed by atoms with E-state index >= 15 is 0 Å². The average Bonchev–Trinajstić information content (AvgIpc) is 2.97. The molecule has 1 unspecified atom stereocenters. The number of hydrogen-bond acceptors (Lipinski definition) is 3. The van der Waals surface area contributed by atoms with Crippen LogP contribution in [0.15, 0.2) is 24.3 Å². The van der Waals surface area contributed by atoms with Gasteiger partial charge >= 0.3 is 0 Å². The molecule has 4 rings (SSSR count). The Balaban J connectivity index is 1.44. The van der Waals surface area contributed by atoms with Gasteiger partial charge < -0.3 is 15.0 Å². The van der Waals surface area contributed by atoms with Crippen LogP contribution in [0, 0.1) is 11.8 Å². The Bertz CT molecular complexity index is 531. The van der Waals surface area contributed by atoms with Crippen molar-refractivity contribution in [2.45, 2.75) is 25.3 Å². The second-order valence-electron chi connectivity index (χ2n) is 6.53. The molecule has 3 heterocycles. The van der Waals surface area contributed by atoms with Gasteiger partial charge in [-0.3, -0.25) is 4.79 Å². The van der Waals surface area contributed by atoms with Gasteiger partial charge in [0.2, 0.25) is 5.91 Å². The molecule has 4 heteroatoms. The van der Waals surface area contributed by atoms with Crippen LogP contribution in [0.25, 0.3) is 0 Å². The molecule has 112 valence electrons. The highest BCUT2D eigenvalue weighted by Gasteiger charge is 2.39. The average molecular weight is 286 g/mol. The number of nitrogens with zero attached hydrogens (tertiary/aromatic N) is 1. The third-order valence-corrected chi connectivity index (χ3v) is 5.14. The van der Waals surface area contributed by atoms with E-state index in [0.717, 1.165) is 37.4 Å². The van der Waals surface area contributed by atoms with Crippen molar-refractivity contribution in [3.63, 3.8) is 0 Å². The molecule has 1 aromatic rings. The fraction of sp³-hybridized carbons (Fsp3) is 0.588. The van der Waals surface area contributed by atoms with Gasteiger partial charge in [0.15, 0.2) is 0 Å². The predicted molar refractivity (Wildman–Crippen MR) is 80.2 cm³/mol. The zero-order chi connectivity index (χ0) is 14.2. The third kappa shape index (κ3) is 2.42. The maximum absolute atomic E-state index is 12.8. The molecule has 2 saturated heterocycles. The van der Waals surface area contributed by atoms with Crippen molar-refractivity contribution in [2.24, 2.45) is 11.8 Å². The number of amides is 1. The molecule has 1 aromatic carbocycles. The molecule has 0 saturated carbocycles. The molecule has 0 radical (unpaired) electrons.